The molecule has 0 bridgehead atoms. The van der Waals surface area contributed by atoms with Crippen molar-refractivity contribution in [2.24, 2.45) is 0 Å². The van der Waals surface area contributed by atoms with Gasteiger partial charge in [0.1, 0.15) is 5.60 Å². The van der Waals surface area contributed by atoms with Gasteiger partial charge in [0.2, 0.25) is 0 Å². The lowest BCUT2D eigenvalue weighted by molar-refractivity contribution is -0.0248. The van der Waals surface area contributed by atoms with Gasteiger partial charge < -0.3 is 4.74 Å². The first kappa shape index (κ1) is 17.0. The summed E-state index contributed by atoms with van der Waals surface area (Å²) < 4.78 is 5.25. The first-order valence-electron chi connectivity index (χ1n) is 6.93. The molecule has 0 spiro atoms. The van der Waals surface area contributed by atoms with Crippen LogP contribution in [0.5, 0.6) is 0 Å². The number of hydrazine groups is 1. The van der Waals surface area contributed by atoms with Crippen LogP contribution in [0.4, 0.5) is 4.79 Å². The van der Waals surface area contributed by atoms with E-state index >= 15 is 0 Å². The largest absolute Gasteiger partial charge is 0.442 e. The fourth-order valence-electron chi connectivity index (χ4n) is 2.09. The summed E-state index contributed by atoms with van der Waals surface area (Å²) in [6.45, 7) is 8.34. The molecule has 0 fully saturated rings. The van der Waals surface area contributed by atoms with Crippen LogP contribution in [0.15, 0.2) is 35.9 Å². The predicted molar refractivity (Wildman–Crippen MR) is 84.9 cm³/mol. The number of halogens is 1. The van der Waals surface area contributed by atoms with Crippen molar-refractivity contribution in [3.05, 3.63) is 47.0 Å². The van der Waals surface area contributed by atoms with Gasteiger partial charge in [-0.25, -0.2) is 9.80 Å². The van der Waals surface area contributed by atoms with Gasteiger partial charge in [0, 0.05) is 5.03 Å². The Labute approximate surface area is 139 Å². The molecule has 7 heteroatoms. The molecule has 23 heavy (non-hydrogen) atoms. The normalized spacial score (nSPS) is 13.8. The molecule has 0 atom stereocenters. The van der Waals surface area contributed by atoms with Gasteiger partial charge in [0.15, 0.2) is 0 Å². The van der Waals surface area contributed by atoms with Crippen LogP contribution >= 0.6 is 11.6 Å². The van der Waals surface area contributed by atoms with Crippen LogP contribution in [0.1, 0.15) is 41.5 Å². The molecule has 2 rings (SSSR count). The van der Waals surface area contributed by atoms with Gasteiger partial charge in [0.05, 0.1) is 17.7 Å². The van der Waals surface area contributed by atoms with Gasteiger partial charge in [-0.05, 0) is 32.9 Å². The van der Waals surface area contributed by atoms with E-state index in [0.29, 0.717) is 0 Å². The first-order chi connectivity index (χ1) is 10.6. The number of benzene rings is 1. The second kappa shape index (κ2) is 6.04. The van der Waals surface area contributed by atoms with Crippen molar-refractivity contribution in [3.8, 4) is 0 Å². The lowest BCUT2D eigenvalue weighted by atomic mass is 10.1. The lowest BCUT2D eigenvalue weighted by Gasteiger charge is -2.31. The highest BCUT2D eigenvalue weighted by molar-refractivity contribution is 6.29. The summed E-state index contributed by atoms with van der Waals surface area (Å²) in [6, 6.07) is 6.34. The number of hydrogen-bond acceptors (Lipinski definition) is 4. The van der Waals surface area contributed by atoms with Crippen LogP contribution in [0.25, 0.3) is 0 Å². The molecule has 0 unspecified atom stereocenters. The fourth-order valence-corrected chi connectivity index (χ4v) is 2.20. The van der Waals surface area contributed by atoms with Gasteiger partial charge >= 0.3 is 6.09 Å². The number of imide groups is 1. The summed E-state index contributed by atoms with van der Waals surface area (Å²) in [6.07, 6.45) is -0.853. The van der Waals surface area contributed by atoms with Gasteiger partial charge in [-0.2, -0.15) is 5.01 Å². The Kier molecular flexibility index (Phi) is 4.47. The Morgan fingerprint density at radius 1 is 1.22 bits per heavy atom. The van der Waals surface area contributed by atoms with E-state index in [1.54, 1.807) is 32.9 Å². The van der Waals surface area contributed by atoms with Crippen molar-refractivity contribution in [2.45, 2.75) is 26.4 Å². The molecule has 0 aromatic heterocycles. The van der Waals surface area contributed by atoms with E-state index in [2.05, 4.69) is 6.58 Å². The maximum Gasteiger partial charge on any atom is 0.430 e. The van der Waals surface area contributed by atoms with Crippen LogP contribution in [0.3, 0.4) is 0 Å². The highest BCUT2D eigenvalue weighted by Crippen LogP contribution is 2.26. The van der Waals surface area contributed by atoms with Crippen molar-refractivity contribution in [1.82, 2.24) is 10.0 Å². The summed E-state index contributed by atoms with van der Waals surface area (Å²) in [5.74, 6) is -1.20. The molecular weight excluding hydrogens is 320 g/mol. The molecule has 1 aromatic carbocycles. The molecule has 0 saturated heterocycles. The van der Waals surface area contributed by atoms with Crippen molar-refractivity contribution in [2.75, 3.05) is 6.54 Å². The van der Waals surface area contributed by atoms with Crippen molar-refractivity contribution in [3.63, 3.8) is 0 Å². The Morgan fingerprint density at radius 3 is 2.09 bits per heavy atom. The summed E-state index contributed by atoms with van der Waals surface area (Å²) in [4.78, 5) is 37.3. The van der Waals surface area contributed by atoms with Gasteiger partial charge in [-0.1, -0.05) is 30.3 Å². The Morgan fingerprint density at radius 2 is 1.70 bits per heavy atom. The summed E-state index contributed by atoms with van der Waals surface area (Å²) >= 11 is 5.78. The van der Waals surface area contributed by atoms with Crippen LogP contribution in [0.2, 0.25) is 0 Å². The Hall–Kier alpha value is -2.34. The highest BCUT2D eigenvalue weighted by atomic mass is 35.5. The Balaban J connectivity index is 2.38. The smallest absolute Gasteiger partial charge is 0.430 e. The third-order valence-electron chi connectivity index (χ3n) is 2.94. The molecule has 1 aliphatic rings. The lowest BCUT2D eigenvalue weighted by Crippen LogP contribution is -2.51. The van der Waals surface area contributed by atoms with E-state index in [1.165, 1.54) is 12.1 Å². The van der Waals surface area contributed by atoms with Crippen LogP contribution in [-0.2, 0) is 4.74 Å². The van der Waals surface area contributed by atoms with Crippen LogP contribution in [0, 0.1) is 0 Å². The average Bonchev–Trinajstić information content (AvgIpc) is 2.67. The third kappa shape index (κ3) is 3.53. The molecule has 6 nitrogen and oxygen atoms in total. The second-order valence-corrected chi connectivity index (χ2v) is 6.56. The molecule has 0 saturated carbocycles. The monoisotopic (exact) mass is 336 g/mol. The van der Waals surface area contributed by atoms with E-state index in [4.69, 9.17) is 16.3 Å². The zero-order valence-corrected chi connectivity index (χ0v) is 13.9. The molecule has 1 aliphatic heterocycles. The number of carbonyl (C=O) groups excluding carboxylic acids is 3. The molecule has 1 heterocycles. The molecule has 1 aromatic rings. The minimum Gasteiger partial charge on any atom is -0.442 e. The number of carbonyl (C=O) groups is 3. The molecule has 0 N–H and O–H groups in total. The number of rotatable bonds is 3. The van der Waals surface area contributed by atoms with Gasteiger partial charge in [-0.15, -0.1) is 0 Å². The number of ether oxygens (including phenoxy) is 1. The third-order valence-corrected chi connectivity index (χ3v) is 3.06. The standard InChI is InChI=1S/C16H17ClN2O4/c1-10(17)9-18(15(22)23-16(2,3)4)19-13(20)11-7-5-6-8-12(11)14(19)21/h5-8H,1,9H2,2-4H3. The molecule has 3 amide bonds. The zero-order chi connectivity index (χ0) is 17.4. The number of amides is 3. The number of fused-ring (bicyclic) bond motifs is 1. The maximum absolute atomic E-state index is 12.5. The van der Waals surface area contributed by atoms with E-state index < -0.39 is 23.5 Å². The minimum atomic E-state index is -0.853. The predicted octanol–water partition coefficient (Wildman–Crippen LogP) is 3.19. The highest BCUT2D eigenvalue weighted by Gasteiger charge is 2.42. The van der Waals surface area contributed by atoms with E-state index in [1.807, 2.05) is 0 Å². The fraction of sp³-hybridized carbons (Fsp3) is 0.312. The van der Waals surface area contributed by atoms with Crippen LogP contribution in [-0.4, -0.2) is 40.1 Å². The van der Waals surface area contributed by atoms with Gasteiger partial charge in [0.25, 0.3) is 11.8 Å². The van der Waals surface area contributed by atoms with E-state index in [-0.39, 0.29) is 22.7 Å². The van der Waals surface area contributed by atoms with E-state index in [9.17, 15) is 14.4 Å². The summed E-state index contributed by atoms with van der Waals surface area (Å²) in [5.41, 5.74) is -0.334. The van der Waals surface area contributed by atoms with Crippen molar-refractivity contribution >= 4 is 29.5 Å². The van der Waals surface area contributed by atoms with Crippen LogP contribution < -0.4 is 0 Å². The average molecular weight is 337 g/mol. The summed E-state index contributed by atoms with van der Waals surface area (Å²) in [7, 11) is 0. The molecule has 122 valence electrons. The molecule has 0 aliphatic carbocycles. The number of nitrogens with zero attached hydrogens (tertiary/aromatic N) is 2. The van der Waals surface area contributed by atoms with Crippen molar-refractivity contribution in [1.29, 1.82) is 0 Å². The summed E-state index contributed by atoms with van der Waals surface area (Å²) in [5, 5.41) is 1.70. The second-order valence-electron chi connectivity index (χ2n) is 6.02. The molecule has 0 radical (unpaired) electrons. The van der Waals surface area contributed by atoms with Gasteiger partial charge in [-0.3, -0.25) is 9.59 Å². The number of hydrogen-bond donors (Lipinski definition) is 0. The SMILES string of the molecule is C=C(Cl)CN(C(=O)OC(C)(C)C)N1C(=O)c2ccccc2C1=O. The Bertz CT molecular complexity index is 659. The first-order valence-corrected chi connectivity index (χ1v) is 7.31. The quantitative estimate of drug-likeness (QED) is 0.795. The topological polar surface area (TPSA) is 66.9 Å². The molecular formula is C16H17ClN2O4. The van der Waals surface area contributed by atoms with E-state index in [0.717, 1.165) is 10.0 Å². The minimum absolute atomic E-state index is 0.0902. The maximum atomic E-state index is 12.5. The van der Waals surface area contributed by atoms with Crippen molar-refractivity contribution < 1.29 is 19.1 Å². The zero-order valence-electron chi connectivity index (χ0n) is 13.1.